The van der Waals surface area contributed by atoms with Gasteiger partial charge in [0.05, 0.1) is 6.61 Å². The summed E-state index contributed by atoms with van der Waals surface area (Å²) in [5.74, 6) is -1.11. The van der Waals surface area contributed by atoms with Crippen molar-refractivity contribution in [3.05, 3.63) is 35.1 Å². The second-order valence-corrected chi connectivity index (χ2v) is 4.24. The number of amides is 1. The minimum absolute atomic E-state index is 0.0607. The first-order chi connectivity index (χ1) is 9.81. The van der Waals surface area contributed by atoms with Crippen molar-refractivity contribution in [2.75, 3.05) is 20.3 Å². The molecule has 0 atom stereocenters. The highest BCUT2D eigenvalue weighted by Gasteiger charge is 2.27. The summed E-state index contributed by atoms with van der Waals surface area (Å²) in [6.45, 7) is -2.02. The lowest BCUT2D eigenvalue weighted by atomic mass is 10.1. The summed E-state index contributed by atoms with van der Waals surface area (Å²) < 4.78 is 57.8. The van der Waals surface area contributed by atoms with Crippen LogP contribution in [0.25, 0.3) is 0 Å². The summed E-state index contributed by atoms with van der Waals surface area (Å²) in [6, 6.07) is 4.21. The molecule has 0 saturated heterocycles. The molecule has 0 aromatic heterocycles. The van der Waals surface area contributed by atoms with E-state index in [1.54, 1.807) is 0 Å². The summed E-state index contributed by atoms with van der Waals surface area (Å²) >= 11 is 0. The molecule has 1 amide bonds. The van der Waals surface area contributed by atoms with Gasteiger partial charge in [-0.25, -0.2) is 4.39 Å². The van der Waals surface area contributed by atoms with Crippen LogP contribution in [0, 0.1) is 5.82 Å². The van der Waals surface area contributed by atoms with E-state index in [2.05, 4.69) is 10.1 Å². The van der Waals surface area contributed by atoms with Crippen molar-refractivity contribution in [3.8, 4) is 0 Å². The van der Waals surface area contributed by atoms with Crippen LogP contribution in [-0.4, -0.2) is 32.4 Å². The SMILES string of the molecule is COCc1cc(CNC(=O)COCC(F)(F)F)ccc1F. The van der Waals surface area contributed by atoms with Gasteiger partial charge in [-0.2, -0.15) is 13.2 Å². The van der Waals surface area contributed by atoms with Gasteiger partial charge in [0, 0.05) is 19.2 Å². The lowest BCUT2D eigenvalue weighted by Gasteiger charge is -2.09. The Morgan fingerprint density at radius 2 is 2.05 bits per heavy atom. The molecule has 0 heterocycles. The van der Waals surface area contributed by atoms with Crippen molar-refractivity contribution < 1.29 is 31.8 Å². The molecule has 0 saturated carbocycles. The number of methoxy groups -OCH3 is 1. The van der Waals surface area contributed by atoms with Gasteiger partial charge >= 0.3 is 6.18 Å². The average Bonchev–Trinajstić information content (AvgIpc) is 2.38. The first-order valence-corrected chi connectivity index (χ1v) is 5.99. The number of ether oxygens (including phenoxy) is 2. The van der Waals surface area contributed by atoms with Crippen molar-refractivity contribution in [2.24, 2.45) is 0 Å². The van der Waals surface area contributed by atoms with Crippen LogP contribution in [0.5, 0.6) is 0 Å². The molecule has 0 aliphatic heterocycles. The van der Waals surface area contributed by atoms with E-state index in [4.69, 9.17) is 4.74 Å². The molecule has 8 heteroatoms. The molecule has 0 aliphatic carbocycles. The van der Waals surface area contributed by atoms with Gasteiger partial charge in [-0.15, -0.1) is 0 Å². The van der Waals surface area contributed by atoms with Crippen LogP contribution in [0.1, 0.15) is 11.1 Å². The summed E-state index contributed by atoms with van der Waals surface area (Å²) in [7, 11) is 1.42. The Balaban J connectivity index is 2.41. The molecule has 1 N–H and O–H groups in total. The van der Waals surface area contributed by atoms with Crippen LogP contribution in [0.2, 0.25) is 0 Å². The van der Waals surface area contributed by atoms with Crippen LogP contribution in [0.3, 0.4) is 0 Å². The van der Waals surface area contributed by atoms with E-state index >= 15 is 0 Å². The van der Waals surface area contributed by atoms with E-state index < -0.39 is 31.1 Å². The number of carbonyl (C=O) groups excluding carboxylic acids is 1. The number of benzene rings is 1. The average molecular weight is 309 g/mol. The fourth-order valence-electron chi connectivity index (χ4n) is 1.52. The Morgan fingerprint density at radius 1 is 1.33 bits per heavy atom. The molecule has 0 unspecified atom stereocenters. The molecule has 1 rings (SSSR count). The first-order valence-electron chi connectivity index (χ1n) is 5.99. The molecule has 0 spiro atoms. The Labute approximate surface area is 119 Å². The zero-order valence-electron chi connectivity index (χ0n) is 11.3. The van der Waals surface area contributed by atoms with E-state index in [0.717, 1.165) is 0 Å². The largest absolute Gasteiger partial charge is 0.411 e. The second-order valence-electron chi connectivity index (χ2n) is 4.24. The van der Waals surface area contributed by atoms with Crippen molar-refractivity contribution in [3.63, 3.8) is 0 Å². The third-order valence-electron chi connectivity index (χ3n) is 2.40. The number of rotatable bonds is 7. The Bertz CT molecular complexity index is 477. The predicted octanol–water partition coefficient (Wildman–Crippen LogP) is 2.17. The number of alkyl halides is 3. The zero-order chi connectivity index (χ0) is 15.9. The number of hydrogen-bond acceptors (Lipinski definition) is 3. The summed E-state index contributed by atoms with van der Waals surface area (Å²) in [4.78, 5) is 11.3. The fourth-order valence-corrected chi connectivity index (χ4v) is 1.52. The van der Waals surface area contributed by atoms with Crippen LogP contribution >= 0.6 is 0 Å². The second kappa shape index (κ2) is 7.94. The molecule has 1 aromatic rings. The normalized spacial score (nSPS) is 11.5. The molecule has 0 fully saturated rings. The minimum Gasteiger partial charge on any atom is -0.380 e. The zero-order valence-corrected chi connectivity index (χ0v) is 11.3. The lowest BCUT2D eigenvalue weighted by molar-refractivity contribution is -0.175. The minimum atomic E-state index is -4.47. The highest BCUT2D eigenvalue weighted by molar-refractivity contribution is 5.77. The monoisotopic (exact) mass is 309 g/mol. The van der Waals surface area contributed by atoms with Gasteiger partial charge in [-0.05, 0) is 17.7 Å². The molecule has 21 heavy (non-hydrogen) atoms. The highest BCUT2D eigenvalue weighted by atomic mass is 19.4. The molecule has 0 radical (unpaired) electrons. The van der Waals surface area contributed by atoms with Crippen LogP contribution in [-0.2, 0) is 27.4 Å². The molecule has 1 aromatic carbocycles. The number of carbonyl (C=O) groups is 1. The fraction of sp³-hybridized carbons (Fsp3) is 0.462. The molecule has 118 valence electrons. The van der Waals surface area contributed by atoms with E-state index in [1.807, 2.05) is 0 Å². The maximum atomic E-state index is 13.3. The van der Waals surface area contributed by atoms with Crippen LogP contribution in [0.4, 0.5) is 17.6 Å². The predicted molar refractivity (Wildman–Crippen MR) is 65.8 cm³/mol. The lowest BCUT2D eigenvalue weighted by Crippen LogP contribution is -2.29. The summed E-state index contributed by atoms with van der Waals surface area (Å²) in [5, 5.41) is 2.38. The van der Waals surface area contributed by atoms with Gasteiger partial charge in [-0.1, -0.05) is 6.07 Å². The van der Waals surface area contributed by atoms with Gasteiger partial charge in [0.25, 0.3) is 0 Å². The maximum absolute atomic E-state index is 13.3. The number of hydrogen-bond donors (Lipinski definition) is 1. The van der Waals surface area contributed by atoms with E-state index in [-0.39, 0.29) is 13.2 Å². The van der Waals surface area contributed by atoms with Gasteiger partial charge in [0.2, 0.25) is 5.91 Å². The van der Waals surface area contributed by atoms with Crippen molar-refractivity contribution in [1.82, 2.24) is 5.32 Å². The van der Waals surface area contributed by atoms with E-state index in [1.165, 1.54) is 25.3 Å². The van der Waals surface area contributed by atoms with E-state index in [0.29, 0.717) is 11.1 Å². The smallest absolute Gasteiger partial charge is 0.380 e. The Kier molecular flexibility index (Phi) is 6.57. The third kappa shape index (κ3) is 7.05. The first kappa shape index (κ1) is 17.4. The van der Waals surface area contributed by atoms with Gasteiger partial charge in [0.15, 0.2) is 0 Å². The molecule has 4 nitrogen and oxygen atoms in total. The van der Waals surface area contributed by atoms with E-state index in [9.17, 15) is 22.4 Å². The van der Waals surface area contributed by atoms with Gasteiger partial charge in [0.1, 0.15) is 19.0 Å². The molecular formula is C13H15F4NO3. The molecular weight excluding hydrogens is 294 g/mol. The Morgan fingerprint density at radius 3 is 2.67 bits per heavy atom. The van der Waals surface area contributed by atoms with Crippen LogP contribution in [0.15, 0.2) is 18.2 Å². The summed E-state index contributed by atoms with van der Waals surface area (Å²) in [6.07, 6.45) is -4.47. The molecule has 0 bridgehead atoms. The summed E-state index contributed by atoms with van der Waals surface area (Å²) in [5.41, 5.74) is 0.935. The highest BCUT2D eigenvalue weighted by Crippen LogP contribution is 2.14. The maximum Gasteiger partial charge on any atom is 0.411 e. The number of halogens is 4. The standard InChI is InChI=1S/C13H15F4NO3/c1-20-6-10-4-9(2-3-11(10)14)5-18-12(19)7-21-8-13(15,16)17/h2-4H,5-8H2,1H3,(H,18,19). The van der Waals surface area contributed by atoms with Gasteiger partial charge < -0.3 is 14.8 Å². The van der Waals surface area contributed by atoms with Crippen molar-refractivity contribution in [2.45, 2.75) is 19.3 Å². The van der Waals surface area contributed by atoms with Crippen molar-refractivity contribution in [1.29, 1.82) is 0 Å². The van der Waals surface area contributed by atoms with Crippen molar-refractivity contribution >= 4 is 5.91 Å². The quantitative estimate of drug-likeness (QED) is 0.785. The topological polar surface area (TPSA) is 47.6 Å². The number of nitrogens with one attached hydrogen (secondary N) is 1. The third-order valence-corrected chi connectivity index (χ3v) is 2.40. The Hall–Kier alpha value is -1.67. The van der Waals surface area contributed by atoms with Crippen LogP contribution < -0.4 is 5.32 Å². The molecule has 0 aliphatic rings. The van der Waals surface area contributed by atoms with Gasteiger partial charge in [-0.3, -0.25) is 4.79 Å².